The van der Waals surface area contributed by atoms with Crippen molar-refractivity contribution in [3.05, 3.63) is 83.9 Å². The van der Waals surface area contributed by atoms with Crippen LogP contribution in [0.4, 0.5) is 5.69 Å². The Balaban J connectivity index is 1.32. The molecular weight excluding hydrogens is 430 g/mol. The number of nitrogens with one attached hydrogen (secondary N) is 1. The second kappa shape index (κ2) is 10.1. The fourth-order valence-corrected chi connectivity index (χ4v) is 4.56. The Bertz CT molecular complexity index is 1130. The Morgan fingerprint density at radius 3 is 2.53 bits per heavy atom. The molecule has 7 heteroatoms. The minimum atomic E-state index is -0.118. The van der Waals surface area contributed by atoms with Gasteiger partial charge in [0.15, 0.2) is 11.5 Å². The summed E-state index contributed by atoms with van der Waals surface area (Å²) in [6.45, 7) is 4.36. The monoisotopic (exact) mass is 459 g/mol. The molecule has 3 aromatic carbocycles. The van der Waals surface area contributed by atoms with Crippen LogP contribution in [0.5, 0.6) is 17.2 Å². The maximum atomic E-state index is 12.9. The van der Waals surface area contributed by atoms with Gasteiger partial charge in [0.25, 0.3) is 5.91 Å². The number of nitrogens with zero attached hydrogens (tertiary/aromatic N) is 2. The van der Waals surface area contributed by atoms with Gasteiger partial charge in [-0.25, -0.2) is 0 Å². The first kappa shape index (κ1) is 22.1. The normalized spacial score (nSPS) is 16.2. The van der Waals surface area contributed by atoms with Crippen LogP contribution in [0.1, 0.15) is 22.0 Å². The molecule has 0 saturated carbocycles. The van der Waals surface area contributed by atoms with Crippen molar-refractivity contribution in [3.63, 3.8) is 0 Å². The molecule has 1 atom stereocenters. The van der Waals surface area contributed by atoms with Gasteiger partial charge in [-0.05, 0) is 48.0 Å². The van der Waals surface area contributed by atoms with Gasteiger partial charge >= 0.3 is 0 Å². The van der Waals surface area contributed by atoms with E-state index >= 15 is 0 Å². The smallest absolute Gasteiger partial charge is 0.251 e. The van der Waals surface area contributed by atoms with Crippen LogP contribution in [0.15, 0.2) is 72.8 Å². The SMILES string of the molecule is COc1cccc(C(=O)NCC(c2ccc3c(c2)OCO3)N2CCN(c3ccccc3)CC2)c1. The molecule has 1 unspecified atom stereocenters. The van der Waals surface area contributed by atoms with Crippen molar-refractivity contribution in [1.82, 2.24) is 10.2 Å². The summed E-state index contributed by atoms with van der Waals surface area (Å²) >= 11 is 0. The summed E-state index contributed by atoms with van der Waals surface area (Å²) in [5, 5.41) is 3.13. The number of piperazine rings is 1. The third-order valence-electron chi connectivity index (χ3n) is 6.45. The molecule has 0 aromatic heterocycles. The summed E-state index contributed by atoms with van der Waals surface area (Å²) < 4.78 is 16.4. The number of hydrogen-bond donors (Lipinski definition) is 1. The van der Waals surface area contributed by atoms with E-state index in [1.165, 1.54) is 5.69 Å². The van der Waals surface area contributed by atoms with Crippen LogP contribution in [0.25, 0.3) is 0 Å². The first-order valence-electron chi connectivity index (χ1n) is 11.6. The zero-order valence-corrected chi connectivity index (χ0v) is 19.3. The average Bonchev–Trinajstić information content (AvgIpc) is 3.38. The van der Waals surface area contributed by atoms with Crippen molar-refractivity contribution >= 4 is 11.6 Å². The summed E-state index contributed by atoms with van der Waals surface area (Å²) in [7, 11) is 1.60. The van der Waals surface area contributed by atoms with E-state index in [2.05, 4.69) is 45.4 Å². The topological polar surface area (TPSA) is 63.3 Å². The zero-order chi connectivity index (χ0) is 23.3. The lowest BCUT2D eigenvalue weighted by molar-refractivity contribution is 0.0930. The molecule has 7 nitrogen and oxygen atoms in total. The van der Waals surface area contributed by atoms with Crippen LogP contribution in [0, 0.1) is 0 Å². The highest BCUT2D eigenvalue weighted by Crippen LogP contribution is 2.35. The van der Waals surface area contributed by atoms with Gasteiger partial charge in [0, 0.05) is 44.0 Å². The third-order valence-corrected chi connectivity index (χ3v) is 6.45. The molecule has 5 rings (SSSR count). The second-order valence-corrected chi connectivity index (χ2v) is 8.43. The highest BCUT2D eigenvalue weighted by Gasteiger charge is 2.27. The molecule has 3 aromatic rings. The highest BCUT2D eigenvalue weighted by atomic mass is 16.7. The predicted octanol–water partition coefficient (Wildman–Crippen LogP) is 3.72. The number of anilines is 1. The molecule has 176 valence electrons. The number of ether oxygens (including phenoxy) is 3. The van der Waals surface area contributed by atoms with Crippen molar-refractivity contribution in [1.29, 1.82) is 0 Å². The lowest BCUT2D eigenvalue weighted by Crippen LogP contribution is -2.50. The lowest BCUT2D eigenvalue weighted by Gasteiger charge is -2.40. The molecule has 0 spiro atoms. The molecule has 0 bridgehead atoms. The molecule has 2 aliphatic heterocycles. The molecular formula is C27H29N3O4. The maximum absolute atomic E-state index is 12.9. The fraction of sp³-hybridized carbons (Fsp3) is 0.296. The minimum absolute atomic E-state index is 0.0157. The Morgan fingerprint density at radius 1 is 0.941 bits per heavy atom. The number of carbonyl (C=O) groups is 1. The van der Waals surface area contributed by atoms with E-state index in [0.29, 0.717) is 17.9 Å². The first-order chi connectivity index (χ1) is 16.7. The summed E-state index contributed by atoms with van der Waals surface area (Å²) in [5.41, 5.74) is 2.93. The Morgan fingerprint density at radius 2 is 1.74 bits per heavy atom. The minimum Gasteiger partial charge on any atom is -0.497 e. The number of rotatable bonds is 7. The van der Waals surface area contributed by atoms with Gasteiger partial charge in [-0.3, -0.25) is 9.69 Å². The Hall–Kier alpha value is -3.71. The standard InChI is InChI=1S/C27H29N3O4/c1-32-23-9-5-6-21(16-23)27(31)28-18-24(20-10-11-25-26(17-20)34-19-33-25)30-14-12-29(13-15-30)22-7-3-2-4-8-22/h2-11,16-17,24H,12-15,18-19H2,1H3,(H,28,31). The molecule has 1 fully saturated rings. The molecule has 0 radical (unpaired) electrons. The molecule has 2 aliphatic rings. The van der Waals surface area contributed by atoms with Gasteiger partial charge < -0.3 is 24.4 Å². The molecule has 1 N–H and O–H groups in total. The van der Waals surface area contributed by atoms with Crippen molar-refractivity contribution in [2.45, 2.75) is 6.04 Å². The van der Waals surface area contributed by atoms with Crippen molar-refractivity contribution in [2.24, 2.45) is 0 Å². The van der Waals surface area contributed by atoms with E-state index in [4.69, 9.17) is 14.2 Å². The van der Waals surface area contributed by atoms with Gasteiger partial charge in [0.1, 0.15) is 5.75 Å². The number of methoxy groups -OCH3 is 1. The quantitative estimate of drug-likeness (QED) is 0.581. The van der Waals surface area contributed by atoms with Gasteiger partial charge in [0.05, 0.1) is 13.2 Å². The van der Waals surface area contributed by atoms with Crippen LogP contribution in [-0.2, 0) is 0 Å². The van der Waals surface area contributed by atoms with E-state index < -0.39 is 0 Å². The third kappa shape index (κ3) is 4.79. The van der Waals surface area contributed by atoms with E-state index in [0.717, 1.165) is 43.2 Å². The predicted molar refractivity (Wildman–Crippen MR) is 131 cm³/mol. The van der Waals surface area contributed by atoms with Crippen molar-refractivity contribution in [2.75, 3.05) is 51.5 Å². The Kier molecular flexibility index (Phi) is 6.53. The average molecular weight is 460 g/mol. The van der Waals surface area contributed by atoms with E-state index in [9.17, 15) is 4.79 Å². The highest BCUT2D eigenvalue weighted by molar-refractivity contribution is 5.94. The number of hydrogen-bond acceptors (Lipinski definition) is 6. The first-order valence-corrected chi connectivity index (χ1v) is 11.6. The van der Waals surface area contributed by atoms with E-state index in [-0.39, 0.29) is 18.7 Å². The largest absolute Gasteiger partial charge is 0.497 e. The number of carbonyl (C=O) groups excluding carboxylic acids is 1. The second-order valence-electron chi connectivity index (χ2n) is 8.43. The van der Waals surface area contributed by atoms with E-state index in [1.54, 1.807) is 19.2 Å². The number of para-hydroxylation sites is 1. The van der Waals surface area contributed by atoms with Gasteiger partial charge in [-0.2, -0.15) is 0 Å². The van der Waals surface area contributed by atoms with Gasteiger partial charge in [0.2, 0.25) is 6.79 Å². The molecule has 34 heavy (non-hydrogen) atoms. The summed E-state index contributed by atoms with van der Waals surface area (Å²) in [6, 6.07) is 23.8. The van der Waals surface area contributed by atoms with Crippen LogP contribution >= 0.6 is 0 Å². The number of benzene rings is 3. The van der Waals surface area contributed by atoms with Crippen LogP contribution in [0.2, 0.25) is 0 Å². The summed E-state index contributed by atoms with van der Waals surface area (Å²) in [5.74, 6) is 2.06. The Labute approximate surface area is 199 Å². The number of fused-ring (bicyclic) bond motifs is 1. The fourth-order valence-electron chi connectivity index (χ4n) is 4.56. The van der Waals surface area contributed by atoms with E-state index in [1.807, 2.05) is 30.3 Å². The molecule has 2 heterocycles. The molecule has 1 saturated heterocycles. The van der Waals surface area contributed by atoms with Crippen LogP contribution in [-0.4, -0.2) is 57.4 Å². The lowest BCUT2D eigenvalue weighted by atomic mass is 10.0. The van der Waals surface area contributed by atoms with Gasteiger partial charge in [-0.15, -0.1) is 0 Å². The summed E-state index contributed by atoms with van der Waals surface area (Å²) in [4.78, 5) is 17.8. The maximum Gasteiger partial charge on any atom is 0.251 e. The molecule has 0 aliphatic carbocycles. The summed E-state index contributed by atoms with van der Waals surface area (Å²) in [6.07, 6.45) is 0. The zero-order valence-electron chi connectivity index (χ0n) is 19.3. The van der Waals surface area contributed by atoms with Crippen LogP contribution < -0.4 is 24.4 Å². The molecule has 1 amide bonds. The van der Waals surface area contributed by atoms with Crippen molar-refractivity contribution in [3.8, 4) is 17.2 Å². The van der Waals surface area contributed by atoms with Crippen LogP contribution in [0.3, 0.4) is 0 Å². The van der Waals surface area contributed by atoms with Crippen molar-refractivity contribution < 1.29 is 19.0 Å². The number of amides is 1. The van der Waals surface area contributed by atoms with Gasteiger partial charge in [-0.1, -0.05) is 30.3 Å².